The normalized spacial score (nSPS) is 14.4. The van der Waals surface area contributed by atoms with Gasteiger partial charge in [-0.15, -0.1) is 5.10 Å². The minimum atomic E-state index is -0.0821. The Labute approximate surface area is 178 Å². The van der Waals surface area contributed by atoms with Gasteiger partial charge >= 0.3 is 0 Å². The molecule has 0 N–H and O–H groups in total. The largest absolute Gasteiger partial charge is 0.314 e. The maximum absolute atomic E-state index is 13.6. The van der Waals surface area contributed by atoms with Crippen molar-refractivity contribution in [1.82, 2.24) is 24.1 Å². The fourth-order valence-electron chi connectivity index (χ4n) is 4.19. The number of aryl methyl sites for hydroxylation is 2. The molecule has 0 saturated heterocycles. The number of fused-ring (bicyclic) bond motifs is 2. The zero-order chi connectivity index (χ0) is 20.7. The standard InChI is InChI=1S/C23H22ClN5O/c1-15-25-23-26-19-12-14-28(13-11-16-7-3-2-4-8-16)22(30)20(19)21(29(23)27-15)17-9-5-6-10-18(17)24/h5-7,9-10,12,14H,2-4,8,11,13H2,1H3. The molecule has 6 nitrogen and oxygen atoms in total. The molecule has 0 fully saturated rings. The Hall–Kier alpha value is -2.99. The molecule has 1 aliphatic carbocycles. The third kappa shape index (κ3) is 3.31. The number of pyridine rings is 1. The summed E-state index contributed by atoms with van der Waals surface area (Å²) in [7, 11) is 0. The lowest BCUT2D eigenvalue weighted by molar-refractivity contribution is 0.616. The first-order valence-corrected chi connectivity index (χ1v) is 10.7. The molecule has 5 rings (SSSR count). The molecule has 30 heavy (non-hydrogen) atoms. The summed E-state index contributed by atoms with van der Waals surface area (Å²) >= 11 is 6.52. The zero-order valence-electron chi connectivity index (χ0n) is 16.8. The van der Waals surface area contributed by atoms with Crippen molar-refractivity contribution in [3.05, 3.63) is 69.4 Å². The van der Waals surface area contributed by atoms with Gasteiger partial charge < -0.3 is 4.57 Å². The molecule has 0 aliphatic heterocycles. The van der Waals surface area contributed by atoms with Crippen molar-refractivity contribution < 1.29 is 0 Å². The molecule has 7 heteroatoms. The van der Waals surface area contributed by atoms with E-state index in [1.807, 2.05) is 43.5 Å². The predicted molar refractivity (Wildman–Crippen MR) is 119 cm³/mol. The van der Waals surface area contributed by atoms with E-state index in [2.05, 4.69) is 21.1 Å². The number of hydrogen-bond donors (Lipinski definition) is 0. The maximum atomic E-state index is 13.6. The minimum absolute atomic E-state index is 0.0821. The molecule has 152 valence electrons. The van der Waals surface area contributed by atoms with Gasteiger partial charge in [0.1, 0.15) is 5.82 Å². The van der Waals surface area contributed by atoms with Crippen LogP contribution < -0.4 is 5.56 Å². The van der Waals surface area contributed by atoms with Crippen molar-refractivity contribution in [2.24, 2.45) is 0 Å². The molecule has 1 aromatic carbocycles. The Kier molecular flexibility index (Phi) is 4.87. The van der Waals surface area contributed by atoms with E-state index in [1.54, 1.807) is 9.08 Å². The number of halogens is 1. The summed E-state index contributed by atoms with van der Waals surface area (Å²) in [6, 6.07) is 9.37. The zero-order valence-corrected chi connectivity index (χ0v) is 17.6. The molecule has 4 aromatic rings. The topological polar surface area (TPSA) is 65.1 Å². The quantitative estimate of drug-likeness (QED) is 0.438. The van der Waals surface area contributed by atoms with Crippen molar-refractivity contribution >= 4 is 28.3 Å². The van der Waals surface area contributed by atoms with E-state index in [1.165, 1.54) is 18.4 Å². The maximum Gasteiger partial charge on any atom is 0.262 e. The van der Waals surface area contributed by atoms with E-state index >= 15 is 0 Å². The van der Waals surface area contributed by atoms with Crippen LogP contribution in [0.4, 0.5) is 0 Å². The number of hydrogen-bond acceptors (Lipinski definition) is 4. The van der Waals surface area contributed by atoms with Crippen molar-refractivity contribution in [3.63, 3.8) is 0 Å². The van der Waals surface area contributed by atoms with E-state index in [0.29, 0.717) is 39.8 Å². The van der Waals surface area contributed by atoms with Crippen LogP contribution in [-0.4, -0.2) is 24.1 Å². The van der Waals surface area contributed by atoms with E-state index in [4.69, 9.17) is 11.6 Å². The molecule has 0 radical (unpaired) electrons. The Bertz CT molecular complexity index is 1350. The molecular weight excluding hydrogens is 398 g/mol. The minimum Gasteiger partial charge on any atom is -0.314 e. The first kappa shape index (κ1) is 19.0. The van der Waals surface area contributed by atoms with Crippen LogP contribution in [-0.2, 0) is 6.54 Å². The van der Waals surface area contributed by atoms with Gasteiger partial charge in [-0.05, 0) is 51.2 Å². The highest BCUT2D eigenvalue weighted by Crippen LogP contribution is 2.31. The number of rotatable bonds is 4. The van der Waals surface area contributed by atoms with Gasteiger partial charge in [-0.3, -0.25) is 4.79 Å². The van der Waals surface area contributed by atoms with E-state index in [0.717, 1.165) is 24.8 Å². The van der Waals surface area contributed by atoms with E-state index in [9.17, 15) is 4.79 Å². The first-order valence-electron chi connectivity index (χ1n) is 10.3. The Balaban J connectivity index is 1.72. The first-order chi connectivity index (χ1) is 14.6. The summed E-state index contributed by atoms with van der Waals surface area (Å²) in [5.74, 6) is 1.05. The smallest absolute Gasteiger partial charge is 0.262 e. The van der Waals surface area contributed by atoms with Gasteiger partial charge in [0, 0.05) is 23.3 Å². The second-order valence-electron chi connectivity index (χ2n) is 7.74. The molecule has 3 aromatic heterocycles. The van der Waals surface area contributed by atoms with Gasteiger partial charge in [-0.1, -0.05) is 41.4 Å². The molecular formula is C23H22ClN5O. The third-order valence-electron chi connectivity index (χ3n) is 5.70. The van der Waals surface area contributed by atoms with Crippen LogP contribution in [0, 0.1) is 6.92 Å². The summed E-state index contributed by atoms with van der Waals surface area (Å²) in [6.07, 6.45) is 9.83. The van der Waals surface area contributed by atoms with Gasteiger partial charge in [-0.25, -0.2) is 4.98 Å². The summed E-state index contributed by atoms with van der Waals surface area (Å²) in [6.45, 7) is 2.46. The average Bonchev–Trinajstić information content (AvgIpc) is 3.13. The molecule has 0 atom stereocenters. The summed E-state index contributed by atoms with van der Waals surface area (Å²) in [5, 5.41) is 5.57. The van der Waals surface area contributed by atoms with Gasteiger partial charge in [0.15, 0.2) is 0 Å². The molecule has 3 heterocycles. The van der Waals surface area contributed by atoms with Crippen LogP contribution in [0.1, 0.15) is 37.9 Å². The van der Waals surface area contributed by atoms with Crippen molar-refractivity contribution in [2.75, 3.05) is 0 Å². The number of aromatic nitrogens is 5. The van der Waals surface area contributed by atoms with Crippen LogP contribution >= 0.6 is 11.6 Å². The van der Waals surface area contributed by atoms with Gasteiger partial charge in [0.25, 0.3) is 11.3 Å². The monoisotopic (exact) mass is 419 g/mol. The lowest BCUT2D eigenvalue weighted by Gasteiger charge is -2.15. The molecule has 0 bridgehead atoms. The summed E-state index contributed by atoms with van der Waals surface area (Å²) in [4.78, 5) is 22.6. The Morgan fingerprint density at radius 1 is 1.13 bits per heavy atom. The predicted octanol–water partition coefficient (Wildman–Crippen LogP) is 4.96. The fourth-order valence-corrected chi connectivity index (χ4v) is 4.42. The van der Waals surface area contributed by atoms with Crippen molar-refractivity contribution in [3.8, 4) is 11.3 Å². The van der Waals surface area contributed by atoms with Crippen molar-refractivity contribution in [2.45, 2.75) is 45.6 Å². The molecule has 0 amide bonds. The summed E-state index contributed by atoms with van der Waals surface area (Å²) < 4.78 is 3.41. The van der Waals surface area contributed by atoms with E-state index < -0.39 is 0 Å². The highest BCUT2D eigenvalue weighted by atomic mass is 35.5. The SMILES string of the molecule is Cc1nc2nc3ccn(CCC4=CCCCC4)c(=O)c3c(-c3ccccc3Cl)n2n1. The second-order valence-corrected chi connectivity index (χ2v) is 8.15. The Morgan fingerprint density at radius 2 is 2.00 bits per heavy atom. The molecule has 0 spiro atoms. The lowest BCUT2D eigenvalue weighted by atomic mass is 9.97. The highest BCUT2D eigenvalue weighted by molar-refractivity contribution is 6.33. The van der Waals surface area contributed by atoms with Gasteiger partial charge in [0.05, 0.1) is 16.6 Å². The average molecular weight is 420 g/mol. The van der Waals surface area contributed by atoms with Crippen LogP contribution in [0.15, 0.2) is 53.0 Å². The molecule has 1 aliphatic rings. The number of allylic oxidation sites excluding steroid dienone is 2. The third-order valence-corrected chi connectivity index (χ3v) is 6.03. The van der Waals surface area contributed by atoms with Crippen LogP contribution in [0.5, 0.6) is 0 Å². The fraction of sp³-hybridized carbons (Fsp3) is 0.304. The second kappa shape index (κ2) is 7.69. The Morgan fingerprint density at radius 3 is 2.80 bits per heavy atom. The molecule has 0 unspecified atom stereocenters. The number of benzene rings is 1. The van der Waals surface area contributed by atoms with Crippen molar-refractivity contribution in [1.29, 1.82) is 0 Å². The van der Waals surface area contributed by atoms with Gasteiger partial charge in [0.2, 0.25) is 0 Å². The van der Waals surface area contributed by atoms with Crippen LogP contribution in [0.2, 0.25) is 5.02 Å². The summed E-state index contributed by atoms with van der Waals surface area (Å²) in [5.41, 5.74) is 3.34. The molecule has 0 saturated carbocycles. The van der Waals surface area contributed by atoms with Crippen LogP contribution in [0.25, 0.3) is 27.9 Å². The van der Waals surface area contributed by atoms with Gasteiger partial charge in [-0.2, -0.15) is 9.50 Å². The lowest BCUT2D eigenvalue weighted by Crippen LogP contribution is -2.22. The van der Waals surface area contributed by atoms with E-state index in [-0.39, 0.29) is 5.56 Å². The number of nitrogens with zero attached hydrogens (tertiary/aromatic N) is 5. The van der Waals surface area contributed by atoms with Crippen LogP contribution in [0.3, 0.4) is 0 Å². The highest BCUT2D eigenvalue weighted by Gasteiger charge is 2.19.